The summed E-state index contributed by atoms with van der Waals surface area (Å²) in [5.41, 5.74) is 1.52. The van der Waals surface area contributed by atoms with Crippen molar-refractivity contribution in [3.63, 3.8) is 0 Å². The minimum absolute atomic E-state index is 0.0229. The second-order valence-electron chi connectivity index (χ2n) is 10.9. The Labute approximate surface area is 256 Å². The van der Waals surface area contributed by atoms with Crippen molar-refractivity contribution in [2.45, 2.75) is 63.4 Å². The Bertz CT molecular complexity index is 1540. The molecule has 0 unspecified atom stereocenters. The van der Waals surface area contributed by atoms with Crippen LogP contribution in [0.15, 0.2) is 66.7 Å². The molecule has 45 heavy (non-hydrogen) atoms. The number of hydrogen-bond donors (Lipinski definition) is 3. The Morgan fingerprint density at radius 2 is 1.60 bits per heavy atom. The van der Waals surface area contributed by atoms with Crippen LogP contribution < -0.4 is 20.3 Å². The van der Waals surface area contributed by atoms with Gasteiger partial charge in [-0.2, -0.15) is 8.78 Å². The zero-order chi connectivity index (χ0) is 32.2. The number of benzene rings is 3. The van der Waals surface area contributed by atoms with Gasteiger partial charge < -0.3 is 20.5 Å². The van der Waals surface area contributed by atoms with Crippen LogP contribution in [0.3, 0.4) is 0 Å². The number of carbonyl (C=O) groups is 3. The first-order valence-electron chi connectivity index (χ1n) is 14.5. The number of amides is 3. The summed E-state index contributed by atoms with van der Waals surface area (Å²) < 4.78 is 63.3. The molecule has 0 spiro atoms. The molecule has 0 atom stereocenters. The number of urea groups is 1. The summed E-state index contributed by atoms with van der Waals surface area (Å²) in [6.45, 7) is -0.00884. The van der Waals surface area contributed by atoms with E-state index in [0.29, 0.717) is 22.7 Å². The van der Waals surface area contributed by atoms with Crippen molar-refractivity contribution in [3.05, 3.63) is 89.0 Å². The molecule has 3 aromatic rings. The van der Waals surface area contributed by atoms with Crippen molar-refractivity contribution >= 4 is 29.3 Å². The number of carboxylic acid groups (broad SMARTS) is 1. The number of hydrogen-bond acceptors (Lipinski definition) is 5. The zero-order valence-electron chi connectivity index (χ0n) is 24.0. The van der Waals surface area contributed by atoms with Crippen LogP contribution in [0.2, 0.25) is 0 Å². The first-order chi connectivity index (χ1) is 21.4. The molecule has 9 nitrogen and oxygen atoms in total. The summed E-state index contributed by atoms with van der Waals surface area (Å²) in [5, 5.41) is 13.8. The summed E-state index contributed by atoms with van der Waals surface area (Å²) in [7, 11) is 0. The third-order valence-electron chi connectivity index (χ3n) is 7.73. The van der Waals surface area contributed by atoms with Gasteiger partial charge in [-0.05, 0) is 72.4 Å². The highest BCUT2D eigenvalue weighted by Crippen LogP contribution is 2.47. The second-order valence-corrected chi connectivity index (χ2v) is 10.9. The van der Waals surface area contributed by atoms with Crippen molar-refractivity contribution in [3.8, 4) is 5.75 Å². The predicted molar refractivity (Wildman–Crippen MR) is 155 cm³/mol. The molecule has 13 heteroatoms. The summed E-state index contributed by atoms with van der Waals surface area (Å²) in [5.74, 6) is -1.84. The molecule has 5 rings (SSSR count). The lowest BCUT2D eigenvalue weighted by molar-refractivity contribution is -0.461. The van der Waals surface area contributed by atoms with Crippen LogP contribution in [-0.4, -0.2) is 35.9 Å². The Morgan fingerprint density at radius 3 is 2.27 bits per heavy atom. The maximum absolute atomic E-state index is 14.3. The van der Waals surface area contributed by atoms with Crippen molar-refractivity contribution in [2.24, 2.45) is 0 Å². The number of ether oxygens (including phenoxy) is 2. The number of carbonyl (C=O) groups excluding carboxylic acids is 2. The highest BCUT2D eigenvalue weighted by Gasteiger charge is 2.54. The highest BCUT2D eigenvalue weighted by molar-refractivity contribution is 6.02. The number of alkyl halides is 4. The lowest BCUT2D eigenvalue weighted by atomic mass is 9.84. The number of nitrogens with zero attached hydrogens (tertiary/aromatic N) is 1. The first kappa shape index (κ1) is 31.8. The molecule has 238 valence electrons. The minimum Gasteiger partial charge on any atom is -0.481 e. The molecule has 0 radical (unpaired) electrons. The van der Waals surface area contributed by atoms with Crippen molar-refractivity contribution in [1.29, 1.82) is 0 Å². The second kappa shape index (κ2) is 13.1. The van der Waals surface area contributed by atoms with Crippen molar-refractivity contribution < 1.29 is 46.5 Å². The van der Waals surface area contributed by atoms with Gasteiger partial charge in [-0.1, -0.05) is 43.5 Å². The Morgan fingerprint density at radius 1 is 0.911 bits per heavy atom. The van der Waals surface area contributed by atoms with Crippen LogP contribution in [0.1, 0.15) is 71.5 Å². The standard InChI is InChI=1S/C32H31F4N3O6/c33-31(34)26-18-24(12-15-27(26)44-32(35,36)45-31)38-30(43)39(25-13-10-22(11-14-25)21-4-2-1-3-5-21)19-20-6-8-23(9-7-20)29(42)37-17-16-28(40)41/h6-15,18,21H,1-5,16-17,19H2,(H,37,42)(H,38,43)(H,40,41). The third-order valence-corrected chi connectivity index (χ3v) is 7.73. The van der Waals surface area contributed by atoms with Gasteiger partial charge in [0.15, 0.2) is 0 Å². The SMILES string of the molecule is O=C(O)CCNC(=O)c1ccc(CN(C(=O)Nc2ccc3c(c2)C(F)(F)OC(F)(F)O3)c2ccc(C3CCCCC3)cc2)cc1. The van der Waals surface area contributed by atoms with Crippen LogP contribution >= 0.6 is 0 Å². The third kappa shape index (κ3) is 7.90. The van der Waals surface area contributed by atoms with E-state index in [0.717, 1.165) is 49.4 Å². The maximum Gasteiger partial charge on any atom is 0.540 e. The number of halogens is 4. The van der Waals surface area contributed by atoms with E-state index in [2.05, 4.69) is 20.1 Å². The summed E-state index contributed by atoms with van der Waals surface area (Å²) in [4.78, 5) is 38.1. The molecule has 1 saturated carbocycles. The van der Waals surface area contributed by atoms with Gasteiger partial charge in [0.1, 0.15) is 5.75 Å². The van der Waals surface area contributed by atoms with Gasteiger partial charge in [-0.3, -0.25) is 14.5 Å². The number of anilines is 2. The Kier molecular flexibility index (Phi) is 9.28. The molecule has 3 N–H and O–H groups in total. The molecule has 0 bridgehead atoms. The van der Waals surface area contributed by atoms with Gasteiger partial charge in [-0.15, -0.1) is 8.78 Å². The lowest BCUT2D eigenvalue weighted by Gasteiger charge is -2.31. The number of aliphatic carboxylic acids is 1. The van der Waals surface area contributed by atoms with E-state index in [4.69, 9.17) is 5.11 Å². The van der Waals surface area contributed by atoms with Crippen molar-refractivity contribution in [1.82, 2.24) is 5.32 Å². The zero-order valence-corrected chi connectivity index (χ0v) is 24.0. The molecule has 2 aliphatic rings. The van der Waals surface area contributed by atoms with Gasteiger partial charge in [0.05, 0.1) is 18.5 Å². The Balaban J connectivity index is 1.37. The quantitative estimate of drug-likeness (QED) is 0.216. The molecular weight excluding hydrogens is 598 g/mol. The number of carboxylic acids is 1. The summed E-state index contributed by atoms with van der Waals surface area (Å²) in [6, 6.07) is 16.1. The van der Waals surface area contributed by atoms with Gasteiger partial charge in [0, 0.05) is 23.5 Å². The number of nitrogens with one attached hydrogen (secondary N) is 2. The fourth-order valence-corrected chi connectivity index (χ4v) is 5.44. The summed E-state index contributed by atoms with van der Waals surface area (Å²) >= 11 is 0. The van der Waals surface area contributed by atoms with E-state index in [1.54, 1.807) is 24.3 Å². The fraction of sp³-hybridized carbons (Fsp3) is 0.344. The largest absolute Gasteiger partial charge is 0.540 e. The van der Waals surface area contributed by atoms with Crippen LogP contribution in [0.4, 0.5) is 33.7 Å². The molecular formula is C32H31F4N3O6. The number of rotatable bonds is 9. The van der Waals surface area contributed by atoms with E-state index in [1.807, 2.05) is 12.1 Å². The minimum atomic E-state index is -4.52. The monoisotopic (exact) mass is 629 g/mol. The molecule has 1 aliphatic heterocycles. The van der Waals surface area contributed by atoms with Gasteiger partial charge in [0.2, 0.25) is 0 Å². The average Bonchev–Trinajstić information content (AvgIpc) is 3.00. The molecule has 0 aromatic heterocycles. The summed E-state index contributed by atoms with van der Waals surface area (Å²) in [6.07, 6.45) is -3.42. The highest BCUT2D eigenvalue weighted by atomic mass is 19.3. The van der Waals surface area contributed by atoms with Crippen LogP contribution in [-0.2, 0) is 22.2 Å². The maximum atomic E-state index is 14.3. The predicted octanol–water partition coefficient (Wildman–Crippen LogP) is 7.19. The average molecular weight is 630 g/mol. The molecule has 3 aromatic carbocycles. The van der Waals surface area contributed by atoms with Crippen LogP contribution in [0, 0.1) is 0 Å². The molecule has 1 fully saturated rings. The molecule has 3 amide bonds. The molecule has 1 heterocycles. The van der Waals surface area contributed by atoms with E-state index < -0.39 is 41.6 Å². The normalized spacial score (nSPS) is 17.0. The van der Waals surface area contributed by atoms with Gasteiger partial charge in [0.25, 0.3) is 5.91 Å². The fourth-order valence-electron chi connectivity index (χ4n) is 5.44. The van der Waals surface area contributed by atoms with Gasteiger partial charge in [-0.25, -0.2) is 9.53 Å². The van der Waals surface area contributed by atoms with Crippen LogP contribution in [0.5, 0.6) is 5.75 Å². The van der Waals surface area contributed by atoms with E-state index >= 15 is 0 Å². The first-order valence-corrected chi connectivity index (χ1v) is 14.5. The smallest absolute Gasteiger partial charge is 0.481 e. The number of fused-ring (bicyclic) bond motifs is 1. The van der Waals surface area contributed by atoms with Gasteiger partial charge >= 0.3 is 24.4 Å². The van der Waals surface area contributed by atoms with E-state index in [9.17, 15) is 31.9 Å². The Hall–Kier alpha value is -4.65. The lowest BCUT2D eigenvalue weighted by Crippen LogP contribution is -2.41. The molecule has 1 aliphatic carbocycles. The van der Waals surface area contributed by atoms with E-state index in [1.165, 1.54) is 23.5 Å². The van der Waals surface area contributed by atoms with Crippen molar-refractivity contribution in [2.75, 3.05) is 16.8 Å². The molecule has 0 saturated heterocycles. The van der Waals surface area contributed by atoms with E-state index in [-0.39, 0.29) is 25.2 Å². The van der Waals surface area contributed by atoms with Crippen LogP contribution in [0.25, 0.3) is 0 Å². The topological polar surface area (TPSA) is 117 Å².